The Bertz CT molecular complexity index is 1330. The van der Waals surface area contributed by atoms with Crippen molar-refractivity contribution < 1.29 is 28.6 Å². The van der Waals surface area contributed by atoms with Gasteiger partial charge in [0, 0.05) is 16.2 Å². The number of thiophene rings is 1. The van der Waals surface area contributed by atoms with E-state index < -0.39 is 29.8 Å². The molecule has 0 saturated carbocycles. The Morgan fingerprint density at radius 2 is 1.64 bits per heavy atom. The van der Waals surface area contributed by atoms with Crippen LogP contribution in [0.3, 0.4) is 0 Å². The van der Waals surface area contributed by atoms with Gasteiger partial charge in [0.1, 0.15) is 17.1 Å². The molecule has 2 atom stereocenters. The molecule has 3 aliphatic rings. The molecule has 8 nitrogen and oxygen atoms in total. The average molecular weight is 563 g/mol. The van der Waals surface area contributed by atoms with Gasteiger partial charge in [-0.1, -0.05) is 66.7 Å². The number of rotatable bonds is 8. The van der Waals surface area contributed by atoms with Gasteiger partial charge in [0.25, 0.3) is 5.91 Å². The number of carbonyl (C=O) groups is 3. The summed E-state index contributed by atoms with van der Waals surface area (Å²) >= 11 is 2.96. The smallest absolute Gasteiger partial charge is 0.356 e. The van der Waals surface area contributed by atoms with Crippen LogP contribution < -0.4 is 5.32 Å². The van der Waals surface area contributed by atoms with Crippen molar-refractivity contribution in [2.45, 2.75) is 30.2 Å². The normalized spacial score (nSPS) is 21.1. The van der Waals surface area contributed by atoms with Crippen molar-refractivity contribution in [3.63, 3.8) is 0 Å². The van der Waals surface area contributed by atoms with Gasteiger partial charge in [0.15, 0.2) is 12.4 Å². The number of nitrogens with one attached hydrogen (secondary N) is 1. The number of fused-ring (bicyclic) bond motifs is 1. The number of hydrogen-bond acceptors (Lipinski definition) is 8. The zero-order chi connectivity index (χ0) is 26.8. The van der Waals surface area contributed by atoms with Gasteiger partial charge in [-0.2, -0.15) is 0 Å². The first-order valence-corrected chi connectivity index (χ1v) is 14.6. The molecule has 1 aromatic heterocycles. The Morgan fingerprint density at radius 1 is 0.974 bits per heavy atom. The fraction of sp³-hybridized carbons (Fsp3) is 0.276. The Labute approximate surface area is 233 Å². The van der Waals surface area contributed by atoms with Crippen molar-refractivity contribution in [2.75, 3.05) is 19.0 Å². The number of esters is 1. The SMILES string of the molecule is O=C(Cc1cccs1)NC1C(=O)N2C(C(=O)OC(c3ccccc3)c3ccccc3)=C(C3OCCO3)CS[C@@H]12. The van der Waals surface area contributed by atoms with E-state index in [1.54, 1.807) is 0 Å². The molecular formula is C29H26N2O6S2. The third kappa shape index (κ3) is 5.25. The first kappa shape index (κ1) is 25.8. The average Bonchev–Trinajstić information content (AvgIpc) is 3.70. The molecule has 0 bridgehead atoms. The molecule has 4 heterocycles. The van der Waals surface area contributed by atoms with Crippen LogP contribution in [0.4, 0.5) is 0 Å². The van der Waals surface area contributed by atoms with Crippen LogP contribution in [0.15, 0.2) is 89.4 Å². The number of ether oxygens (including phenoxy) is 3. The van der Waals surface area contributed by atoms with Crippen LogP contribution in [0.5, 0.6) is 0 Å². The van der Waals surface area contributed by atoms with Gasteiger partial charge in [0.2, 0.25) is 5.91 Å². The number of nitrogens with zero attached hydrogens (tertiary/aromatic N) is 1. The molecule has 0 aliphatic carbocycles. The highest BCUT2D eigenvalue weighted by molar-refractivity contribution is 8.00. The van der Waals surface area contributed by atoms with E-state index in [0.29, 0.717) is 24.5 Å². The van der Waals surface area contributed by atoms with Crippen molar-refractivity contribution in [1.29, 1.82) is 0 Å². The van der Waals surface area contributed by atoms with Crippen LogP contribution in [0, 0.1) is 0 Å². The highest BCUT2D eigenvalue weighted by Gasteiger charge is 2.55. The monoisotopic (exact) mass is 562 g/mol. The zero-order valence-corrected chi connectivity index (χ0v) is 22.5. The highest BCUT2D eigenvalue weighted by atomic mass is 32.2. The van der Waals surface area contributed by atoms with E-state index in [0.717, 1.165) is 16.0 Å². The minimum Gasteiger partial charge on any atom is -0.448 e. The van der Waals surface area contributed by atoms with E-state index in [1.165, 1.54) is 28.0 Å². The summed E-state index contributed by atoms with van der Waals surface area (Å²) in [5, 5.41) is 4.34. The van der Waals surface area contributed by atoms with E-state index in [2.05, 4.69) is 5.32 Å². The Kier molecular flexibility index (Phi) is 7.51. The zero-order valence-electron chi connectivity index (χ0n) is 20.9. The van der Waals surface area contributed by atoms with Gasteiger partial charge in [-0.25, -0.2) is 4.79 Å². The van der Waals surface area contributed by atoms with Crippen LogP contribution in [-0.2, 0) is 35.0 Å². The summed E-state index contributed by atoms with van der Waals surface area (Å²) in [5.41, 5.74) is 2.32. The molecule has 3 aliphatic heterocycles. The van der Waals surface area contributed by atoms with Crippen LogP contribution >= 0.6 is 23.1 Å². The van der Waals surface area contributed by atoms with Crippen molar-refractivity contribution in [3.8, 4) is 0 Å². The number of hydrogen-bond donors (Lipinski definition) is 1. The molecule has 0 spiro atoms. The Hall–Kier alpha value is -3.44. The van der Waals surface area contributed by atoms with Gasteiger partial charge in [0.05, 0.1) is 19.6 Å². The van der Waals surface area contributed by atoms with Crippen LogP contribution in [0.1, 0.15) is 22.1 Å². The van der Waals surface area contributed by atoms with Gasteiger partial charge < -0.3 is 19.5 Å². The molecule has 3 aromatic rings. The van der Waals surface area contributed by atoms with Crippen molar-refractivity contribution in [1.82, 2.24) is 10.2 Å². The largest absolute Gasteiger partial charge is 0.448 e. The van der Waals surface area contributed by atoms with E-state index in [9.17, 15) is 14.4 Å². The van der Waals surface area contributed by atoms with E-state index in [4.69, 9.17) is 14.2 Å². The number of thioether (sulfide) groups is 1. The maximum absolute atomic E-state index is 13.9. The lowest BCUT2D eigenvalue weighted by Crippen LogP contribution is -2.71. The Morgan fingerprint density at radius 3 is 2.26 bits per heavy atom. The molecule has 2 fully saturated rings. The number of benzene rings is 2. The van der Waals surface area contributed by atoms with Crippen LogP contribution in [0.25, 0.3) is 0 Å². The summed E-state index contributed by atoms with van der Waals surface area (Å²) in [4.78, 5) is 42.3. The third-order valence-electron chi connectivity index (χ3n) is 6.76. The first-order valence-electron chi connectivity index (χ1n) is 12.6. The Balaban J connectivity index is 1.27. The quantitative estimate of drug-likeness (QED) is 0.331. The summed E-state index contributed by atoms with van der Waals surface area (Å²) in [6.07, 6.45) is -1.20. The van der Waals surface area contributed by atoms with Gasteiger partial charge in [-0.3, -0.25) is 14.5 Å². The lowest BCUT2D eigenvalue weighted by molar-refractivity contribution is -0.155. The standard InChI is InChI=1S/C29H26N2O6S2/c32-22(16-20-12-7-15-38-20)30-23-26(33)31-24(21(17-39-27(23)31)29-35-13-14-36-29)28(34)37-25(18-8-3-1-4-9-18)19-10-5-2-6-11-19/h1-12,15,23,25,27,29H,13-14,16-17H2,(H,30,32)/t23?,27-/m0/s1. The van der Waals surface area contributed by atoms with Gasteiger partial charge >= 0.3 is 5.97 Å². The second-order valence-corrected chi connectivity index (χ2v) is 11.4. The maximum Gasteiger partial charge on any atom is 0.356 e. The topological polar surface area (TPSA) is 94.2 Å². The first-order chi connectivity index (χ1) is 19.1. The lowest BCUT2D eigenvalue weighted by atomic mass is 10.0. The molecule has 0 radical (unpaired) electrons. The van der Waals surface area contributed by atoms with Crippen molar-refractivity contribution in [3.05, 3.63) is 105 Å². The number of β-lactam (4-membered cyclic amide) rings is 1. The predicted octanol–water partition coefficient (Wildman–Crippen LogP) is 3.65. The fourth-order valence-electron chi connectivity index (χ4n) is 4.92. The maximum atomic E-state index is 13.9. The van der Waals surface area contributed by atoms with E-state index in [1.807, 2.05) is 78.2 Å². The highest BCUT2D eigenvalue weighted by Crippen LogP contribution is 2.43. The molecule has 2 aromatic carbocycles. The summed E-state index contributed by atoms with van der Waals surface area (Å²) in [7, 11) is 0. The molecule has 2 amide bonds. The summed E-state index contributed by atoms with van der Waals surface area (Å²) in [6.45, 7) is 0.799. The lowest BCUT2D eigenvalue weighted by Gasteiger charge is -2.50. The number of carbonyl (C=O) groups excluding carboxylic acids is 3. The molecule has 10 heteroatoms. The molecular weight excluding hydrogens is 536 g/mol. The second kappa shape index (κ2) is 11.4. The summed E-state index contributed by atoms with van der Waals surface area (Å²) in [6, 6.07) is 22.0. The van der Waals surface area contributed by atoms with E-state index >= 15 is 0 Å². The number of amides is 2. The van der Waals surface area contributed by atoms with Gasteiger partial charge in [-0.05, 0) is 22.6 Å². The second-order valence-electron chi connectivity index (χ2n) is 9.27. The third-order valence-corrected chi connectivity index (χ3v) is 8.94. The molecule has 1 N–H and O–H groups in total. The molecule has 200 valence electrons. The van der Waals surface area contributed by atoms with E-state index in [-0.39, 0.29) is 23.9 Å². The predicted molar refractivity (Wildman–Crippen MR) is 147 cm³/mol. The van der Waals surface area contributed by atoms with Crippen LogP contribution in [0.2, 0.25) is 0 Å². The molecule has 6 rings (SSSR count). The molecule has 39 heavy (non-hydrogen) atoms. The van der Waals surface area contributed by atoms with Crippen molar-refractivity contribution in [2.24, 2.45) is 0 Å². The van der Waals surface area contributed by atoms with Crippen LogP contribution in [-0.4, -0.2) is 59.4 Å². The molecule has 2 saturated heterocycles. The van der Waals surface area contributed by atoms with Gasteiger partial charge in [-0.15, -0.1) is 23.1 Å². The minimum atomic E-state index is -0.729. The van der Waals surface area contributed by atoms with Crippen molar-refractivity contribution >= 4 is 40.9 Å². The molecule has 1 unspecified atom stereocenters. The summed E-state index contributed by atoms with van der Waals surface area (Å²) < 4.78 is 17.6. The summed E-state index contributed by atoms with van der Waals surface area (Å²) in [5.74, 6) is -0.818. The fourth-order valence-corrected chi connectivity index (χ4v) is 6.98. The minimum absolute atomic E-state index is 0.135.